The van der Waals surface area contributed by atoms with Crippen LogP contribution in [0, 0.1) is 11.3 Å². The number of anilines is 2. The van der Waals surface area contributed by atoms with Crippen LogP contribution >= 0.6 is 23.1 Å². The van der Waals surface area contributed by atoms with Crippen LogP contribution in [0.25, 0.3) is 11.1 Å². The predicted molar refractivity (Wildman–Crippen MR) is 163 cm³/mol. The number of amides is 2. The third-order valence-electron chi connectivity index (χ3n) is 6.14. The maximum atomic E-state index is 13.7. The lowest BCUT2D eigenvalue weighted by atomic mass is 10.1. The maximum absolute atomic E-state index is 13.7. The lowest BCUT2D eigenvalue weighted by Crippen LogP contribution is -2.19. The third-order valence-corrected chi connectivity index (χ3v) is 8.29. The van der Waals surface area contributed by atoms with E-state index >= 15 is 0 Å². The largest absolute Gasteiger partial charge is 0.326 e. The Morgan fingerprint density at radius 3 is 2.20 bits per heavy atom. The molecule has 2 N–H and O–H groups in total. The fourth-order valence-electron chi connectivity index (χ4n) is 4.24. The van der Waals surface area contributed by atoms with E-state index in [1.54, 1.807) is 0 Å². The molecule has 0 fully saturated rings. The second-order valence-electron chi connectivity index (χ2n) is 8.97. The highest BCUT2D eigenvalue weighted by atomic mass is 32.2. The number of benzene rings is 4. The molecule has 0 aliphatic rings. The highest BCUT2D eigenvalue weighted by molar-refractivity contribution is 8.00. The predicted octanol–water partition coefficient (Wildman–Crippen LogP) is 7.94. The Labute approximate surface area is 241 Å². The van der Waals surface area contributed by atoms with Crippen LogP contribution in [0.4, 0.5) is 10.7 Å². The van der Waals surface area contributed by atoms with E-state index in [1.807, 2.05) is 121 Å². The first kappa shape index (κ1) is 26.9. The van der Waals surface area contributed by atoms with Crippen molar-refractivity contribution in [3.63, 3.8) is 0 Å². The molecule has 5 nitrogen and oxygen atoms in total. The van der Waals surface area contributed by atoms with Crippen molar-refractivity contribution in [2.24, 2.45) is 0 Å². The standard InChI is InChI=1S/C33H25N3O2S2/c34-21-28-29(24-13-6-2-7-14-24)22-39-33(28)36-32(38)31(25-15-8-3-9-16-25)40-27-18-10-17-26(20-27)35-30(37)19-23-11-4-1-5-12-23/h1-18,20,22,31H,19H2,(H,35,37)(H,36,38). The lowest BCUT2D eigenvalue weighted by Gasteiger charge is -2.17. The van der Waals surface area contributed by atoms with Crippen LogP contribution in [0.15, 0.2) is 126 Å². The van der Waals surface area contributed by atoms with Gasteiger partial charge in [-0.05, 0) is 34.9 Å². The summed E-state index contributed by atoms with van der Waals surface area (Å²) in [6.45, 7) is 0. The first-order valence-corrected chi connectivity index (χ1v) is 14.4. The van der Waals surface area contributed by atoms with Crippen molar-refractivity contribution in [2.75, 3.05) is 10.6 Å². The Kier molecular flexibility index (Phi) is 8.72. The molecular weight excluding hydrogens is 535 g/mol. The zero-order valence-corrected chi connectivity index (χ0v) is 23.0. The molecule has 196 valence electrons. The van der Waals surface area contributed by atoms with Gasteiger partial charge in [-0.3, -0.25) is 9.59 Å². The van der Waals surface area contributed by atoms with Gasteiger partial charge in [0.1, 0.15) is 16.3 Å². The van der Waals surface area contributed by atoms with Crippen LogP contribution in [-0.2, 0) is 16.0 Å². The highest BCUT2D eigenvalue weighted by Crippen LogP contribution is 2.40. The zero-order chi connectivity index (χ0) is 27.7. The number of hydrogen-bond donors (Lipinski definition) is 2. The summed E-state index contributed by atoms with van der Waals surface area (Å²) in [4.78, 5) is 27.1. The van der Waals surface area contributed by atoms with Gasteiger partial charge in [0, 0.05) is 21.5 Å². The minimum Gasteiger partial charge on any atom is -0.326 e. The Balaban J connectivity index is 1.35. The van der Waals surface area contributed by atoms with Crippen LogP contribution in [0.1, 0.15) is 21.9 Å². The Hall–Kier alpha value is -4.64. The minimum absolute atomic E-state index is 0.110. The summed E-state index contributed by atoms with van der Waals surface area (Å²) in [5.41, 5.74) is 4.61. The van der Waals surface area contributed by atoms with Crippen molar-refractivity contribution >= 4 is 45.6 Å². The molecule has 40 heavy (non-hydrogen) atoms. The second kappa shape index (κ2) is 12.9. The Morgan fingerprint density at radius 1 is 0.825 bits per heavy atom. The number of thiophene rings is 1. The summed E-state index contributed by atoms with van der Waals surface area (Å²) in [6.07, 6.45) is 0.278. The van der Waals surface area contributed by atoms with E-state index in [4.69, 9.17) is 0 Å². The number of rotatable bonds is 9. The Bertz CT molecular complexity index is 1650. The van der Waals surface area contributed by atoms with Crippen molar-refractivity contribution in [2.45, 2.75) is 16.6 Å². The molecule has 1 atom stereocenters. The molecule has 4 aromatic carbocycles. The van der Waals surface area contributed by atoms with Gasteiger partial charge in [0.25, 0.3) is 0 Å². The number of hydrogen-bond acceptors (Lipinski definition) is 5. The quantitative estimate of drug-likeness (QED) is 0.180. The summed E-state index contributed by atoms with van der Waals surface area (Å²) in [6, 6.07) is 38.5. The normalized spacial score (nSPS) is 11.3. The van der Waals surface area contributed by atoms with Crippen molar-refractivity contribution in [3.05, 3.63) is 137 Å². The number of carbonyl (C=O) groups excluding carboxylic acids is 2. The van der Waals surface area contributed by atoms with Gasteiger partial charge in [0.15, 0.2) is 0 Å². The lowest BCUT2D eigenvalue weighted by molar-refractivity contribution is -0.116. The van der Waals surface area contributed by atoms with Gasteiger partial charge in [-0.2, -0.15) is 5.26 Å². The molecule has 5 aromatic rings. The third kappa shape index (κ3) is 6.67. The average Bonchev–Trinajstić information content (AvgIpc) is 3.39. The second-order valence-corrected chi connectivity index (χ2v) is 11.0. The molecule has 0 aliphatic carbocycles. The maximum Gasteiger partial charge on any atom is 0.243 e. The van der Waals surface area contributed by atoms with Gasteiger partial charge in [-0.15, -0.1) is 23.1 Å². The topological polar surface area (TPSA) is 82.0 Å². The molecule has 1 heterocycles. The first-order chi connectivity index (χ1) is 19.6. The molecule has 5 rings (SSSR count). The van der Waals surface area contributed by atoms with E-state index in [1.165, 1.54) is 23.1 Å². The monoisotopic (exact) mass is 559 g/mol. The highest BCUT2D eigenvalue weighted by Gasteiger charge is 2.25. The number of nitriles is 1. The summed E-state index contributed by atoms with van der Waals surface area (Å²) >= 11 is 2.73. The molecule has 0 saturated heterocycles. The van der Waals surface area contributed by atoms with Crippen molar-refractivity contribution in [1.29, 1.82) is 5.26 Å². The Morgan fingerprint density at radius 2 is 1.50 bits per heavy atom. The molecule has 0 radical (unpaired) electrons. The number of nitrogens with one attached hydrogen (secondary N) is 2. The molecule has 0 bridgehead atoms. The van der Waals surface area contributed by atoms with E-state index in [-0.39, 0.29) is 18.2 Å². The van der Waals surface area contributed by atoms with Gasteiger partial charge >= 0.3 is 0 Å². The van der Waals surface area contributed by atoms with E-state index in [0.29, 0.717) is 16.3 Å². The van der Waals surface area contributed by atoms with Crippen molar-refractivity contribution in [3.8, 4) is 17.2 Å². The fraction of sp³-hybridized carbons (Fsp3) is 0.0606. The molecule has 1 aromatic heterocycles. The van der Waals surface area contributed by atoms with Crippen LogP contribution < -0.4 is 10.6 Å². The van der Waals surface area contributed by atoms with E-state index in [0.717, 1.165) is 27.1 Å². The molecule has 0 saturated carbocycles. The molecule has 1 unspecified atom stereocenters. The minimum atomic E-state index is -0.578. The average molecular weight is 560 g/mol. The number of carbonyl (C=O) groups is 2. The number of nitrogens with zero attached hydrogens (tertiary/aromatic N) is 1. The van der Waals surface area contributed by atoms with Gasteiger partial charge in [-0.25, -0.2) is 0 Å². The van der Waals surface area contributed by atoms with E-state index in [2.05, 4.69) is 16.7 Å². The van der Waals surface area contributed by atoms with E-state index < -0.39 is 5.25 Å². The van der Waals surface area contributed by atoms with Crippen LogP contribution in [0.5, 0.6) is 0 Å². The first-order valence-electron chi connectivity index (χ1n) is 12.6. The van der Waals surface area contributed by atoms with Crippen LogP contribution in [0.3, 0.4) is 0 Å². The van der Waals surface area contributed by atoms with Gasteiger partial charge < -0.3 is 10.6 Å². The summed E-state index contributed by atoms with van der Waals surface area (Å²) in [5.74, 6) is -0.339. The molecule has 0 spiro atoms. The van der Waals surface area contributed by atoms with Gasteiger partial charge in [0.05, 0.1) is 12.0 Å². The molecule has 0 aliphatic heterocycles. The summed E-state index contributed by atoms with van der Waals surface area (Å²) in [7, 11) is 0. The summed E-state index contributed by atoms with van der Waals surface area (Å²) in [5, 5.41) is 17.7. The van der Waals surface area contributed by atoms with Gasteiger partial charge in [-0.1, -0.05) is 97.1 Å². The van der Waals surface area contributed by atoms with Crippen molar-refractivity contribution in [1.82, 2.24) is 0 Å². The van der Waals surface area contributed by atoms with Crippen LogP contribution in [-0.4, -0.2) is 11.8 Å². The molecule has 2 amide bonds. The number of thioether (sulfide) groups is 1. The van der Waals surface area contributed by atoms with Crippen molar-refractivity contribution < 1.29 is 9.59 Å². The summed E-state index contributed by atoms with van der Waals surface area (Å²) < 4.78 is 0. The van der Waals surface area contributed by atoms with Gasteiger partial charge in [0.2, 0.25) is 11.8 Å². The zero-order valence-electron chi connectivity index (χ0n) is 21.4. The van der Waals surface area contributed by atoms with E-state index in [9.17, 15) is 14.9 Å². The SMILES string of the molecule is N#Cc1c(-c2ccccc2)csc1NC(=O)C(Sc1cccc(NC(=O)Cc2ccccc2)c1)c1ccccc1. The molecular formula is C33H25N3O2S2. The fourth-order valence-corrected chi connectivity index (χ4v) is 6.25. The smallest absolute Gasteiger partial charge is 0.243 e. The van der Waals surface area contributed by atoms with Crippen LogP contribution in [0.2, 0.25) is 0 Å². The molecule has 7 heteroatoms.